The van der Waals surface area contributed by atoms with Crippen molar-refractivity contribution in [3.05, 3.63) is 34.5 Å². The maximum Gasteiger partial charge on any atom is 0.270 e. The standard InChI is InChI=1S/C16H20ClN3O3S/c1-10-12-4-3-5-13(17)15(12)19-14(10)16(21)20-8-6-11(7-9-20)24(22,23)18-2/h3-5,11,18-19H,6-9H2,1-2H3. The molecule has 1 saturated heterocycles. The molecule has 130 valence electrons. The van der Waals surface area contributed by atoms with Crippen LogP contribution < -0.4 is 4.72 Å². The number of H-pyrrole nitrogens is 1. The number of fused-ring (bicyclic) bond motifs is 1. The molecule has 0 radical (unpaired) electrons. The second-order valence-electron chi connectivity index (χ2n) is 6.03. The van der Waals surface area contributed by atoms with Gasteiger partial charge < -0.3 is 9.88 Å². The predicted molar refractivity (Wildman–Crippen MR) is 95.0 cm³/mol. The summed E-state index contributed by atoms with van der Waals surface area (Å²) >= 11 is 6.19. The van der Waals surface area contributed by atoms with Gasteiger partial charge in [0.05, 0.1) is 15.8 Å². The number of nitrogens with one attached hydrogen (secondary N) is 2. The smallest absolute Gasteiger partial charge is 0.270 e. The Morgan fingerprint density at radius 1 is 1.33 bits per heavy atom. The van der Waals surface area contributed by atoms with E-state index in [0.717, 1.165) is 16.5 Å². The lowest BCUT2D eigenvalue weighted by Crippen LogP contribution is -2.45. The molecule has 0 saturated carbocycles. The maximum absolute atomic E-state index is 12.8. The highest BCUT2D eigenvalue weighted by Gasteiger charge is 2.32. The molecule has 2 aromatic rings. The highest BCUT2D eigenvalue weighted by atomic mass is 35.5. The van der Waals surface area contributed by atoms with E-state index < -0.39 is 15.3 Å². The minimum atomic E-state index is -3.28. The fourth-order valence-corrected chi connectivity index (χ4v) is 4.61. The van der Waals surface area contributed by atoms with Crippen LogP contribution in [0.4, 0.5) is 0 Å². The van der Waals surface area contributed by atoms with Gasteiger partial charge in [-0.05, 0) is 38.4 Å². The summed E-state index contributed by atoms with van der Waals surface area (Å²) in [6.45, 7) is 2.74. The van der Waals surface area contributed by atoms with Gasteiger partial charge in [-0.3, -0.25) is 4.79 Å². The van der Waals surface area contributed by atoms with E-state index in [2.05, 4.69) is 9.71 Å². The summed E-state index contributed by atoms with van der Waals surface area (Å²) in [4.78, 5) is 17.6. The van der Waals surface area contributed by atoms with Crippen molar-refractivity contribution < 1.29 is 13.2 Å². The molecule has 1 fully saturated rings. The molecule has 1 amide bonds. The van der Waals surface area contributed by atoms with Crippen LogP contribution in [-0.4, -0.2) is 49.6 Å². The number of aromatic nitrogens is 1. The van der Waals surface area contributed by atoms with Crippen LogP contribution in [0.1, 0.15) is 28.9 Å². The number of likely N-dealkylation sites (tertiary alicyclic amines) is 1. The van der Waals surface area contributed by atoms with Crippen molar-refractivity contribution in [3.8, 4) is 0 Å². The molecule has 1 aromatic carbocycles. The van der Waals surface area contributed by atoms with Crippen molar-refractivity contribution in [2.75, 3.05) is 20.1 Å². The Bertz CT molecular complexity index is 883. The summed E-state index contributed by atoms with van der Waals surface area (Å²) in [5.74, 6) is -0.111. The Hall–Kier alpha value is -1.57. The van der Waals surface area contributed by atoms with Crippen molar-refractivity contribution >= 4 is 38.4 Å². The van der Waals surface area contributed by atoms with Crippen LogP contribution in [0.25, 0.3) is 10.9 Å². The summed E-state index contributed by atoms with van der Waals surface area (Å²) in [5.41, 5.74) is 2.14. The van der Waals surface area contributed by atoms with Gasteiger partial charge in [0, 0.05) is 18.5 Å². The predicted octanol–water partition coefficient (Wildman–Crippen LogP) is 2.28. The van der Waals surface area contributed by atoms with Gasteiger partial charge in [-0.1, -0.05) is 23.7 Å². The molecule has 2 N–H and O–H groups in total. The third kappa shape index (κ3) is 2.92. The number of nitrogens with zero attached hydrogens (tertiary/aromatic N) is 1. The number of halogens is 1. The normalized spacial score (nSPS) is 16.7. The minimum absolute atomic E-state index is 0.111. The number of hydrogen-bond donors (Lipinski definition) is 2. The number of amides is 1. The van der Waals surface area contributed by atoms with E-state index >= 15 is 0 Å². The zero-order valence-electron chi connectivity index (χ0n) is 13.6. The molecule has 0 aliphatic carbocycles. The van der Waals surface area contributed by atoms with E-state index in [1.165, 1.54) is 7.05 Å². The van der Waals surface area contributed by atoms with Crippen LogP contribution in [0.3, 0.4) is 0 Å². The van der Waals surface area contributed by atoms with Crippen LogP contribution >= 0.6 is 11.6 Å². The Morgan fingerprint density at radius 2 is 2.00 bits per heavy atom. The van der Waals surface area contributed by atoms with Crippen molar-refractivity contribution in [1.29, 1.82) is 0 Å². The third-order valence-electron chi connectivity index (χ3n) is 4.71. The van der Waals surface area contributed by atoms with Gasteiger partial charge in [0.15, 0.2) is 0 Å². The first-order valence-electron chi connectivity index (χ1n) is 7.83. The lowest BCUT2D eigenvalue weighted by molar-refractivity contribution is 0.0720. The van der Waals surface area contributed by atoms with E-state index in [-0.39, 0.29) is 5.91 Å². The molecule has 3 rings (SSSR count). The number of carbonyl (C=O) groups excluding carboxylic acids is 1. The quantitative estimate of drug-likeness (QED) is 0.870. The molecule has 24 heavy (non-hydrogen) atoms. The number of aromatic amines is 1. The number of carbonyl (C=O) groups is 1. The van der Waals surface area contributed by atoms with Crippen LogP contribution in [-0.2, 0) is 10.0 Å². The van der Waals surface area contributed by atoms with E-state index in [4.69, 9.17) is 11.6 Å². The van der Waals surface area contributed by atoms with Crippen LogP contribution in [0.15, 0.2) is 18.2 Å². The van der Waals surface area contributed by atoms with Crippen LogP contribution in [0.5, 0.6) is 0 Å². The SMILES string of the molecule is CNS(=O)(=O)C1CCN(C(=O)c2[nH]c3c(Cl)cccc3c2C)CC1. The summed E-state index contributed by atoms with van der Waals surface area (Å²) in [6, 6.07) is 5.56. The van der Waals surface area contributed by atoms with E-state index in [1.54, 1.807) is 11.0 Å². The molecule has 1 aromatic heterocycles. The average molecular weight is 370 g/mol. The summed E-state index contributed by atoms with van der Waals surface area (Å²) < 4.78 is 26.1. The van der Waals surface area contributed by atoms with Crippen molar-refractivity contribution in [2.45, 2.75) is 25.0 Å². The lowest BCUT2D eigenvalue weighted by Gasteiger charge is -2.31. The molecule has 0 spiro atoms. The van der Waals surface area contributed by atoms with Crippen LogP contribution in [0, 0.1) is 6.92 Å². The van der Waals surface area contributed by atoms with Crippen LogP contribution in [0.2, 0.25) is 5.02 Å². The van der Waals surface area contributed by atoms with Gasteiger partial charge >= 0.3 is 0 Å². The first kappa shape index (κ1) is 17.3. The Balaban J connectivity index is 1.82. The fourth-order valence-electron chi connectivity index (χ4n) is 3.22. The number of para-hydroxylation sites is 1. The number of rotatable bonds is 3. The zero-order valence-corrected chi connectivity index (χ0v) is 15.2. The Kier molecular flexibility index (Phi) is 4.59. The molecule has 6 nitrogen and oxygen atoms in total. The number of benzene rings is 1. The number of piperidine rings is 1. The Morgan fingerprint density at radius 3 is 2.58 bits per heavy atom. The topological polar surface area (TPSA) is 82.3 Å². The van der Waals surface area contributed by atoms with E-state index in [1.807, 2.05) is 19.1 Å². The first-order chi connectivity index (χ1) is 11.3. The molecule has 8 heteroatoms. The largest absolute Gasteiger partial charge is 0.349 e. The zero-order chi connectivity index (χ0) is 17.5. The second-order valence-corrected chi connectivity index (χ2v) is 8.60. The Labute approximate surface area is 146 Å². The molecule has 0 bridgehead atoms. The molecule has 1 aliphatic heterocycles. The summed E-state index contributed by atoms with van der Waals surface area (Å²) in [5, 5.41) is 1.07. The van der Waals surface area contributed by atoms with Gasteiger partial charge in [-0.25, -0.2) is 13.1 Å². The van der Waals surface area contributed by atoms with Gasteiger partial charge in [-0.15, -0.1) is 0 Å². The lowest BCUT2D eigenvalue weighted by atomic mass is 10.1. The summed E-state index contributed by atoms with van der Waals surface area (Å²) in [6.07, 6.45) is 0.879. The number of hydrogen-bond acceptors (Lipinski definition) is 3. The molecule has 0 unspecified atom stereocenters. The van der Waals surface area contributed by atoms with Crippen molar-refractivity contribution in [1.82, 2.24) is 14.6 Å². The maximum atomic E-state index is 12.8. The second kappa shape index (κ2) is 6.38. The molecular weight excluding hydrogens is 350 g/mol. The van der Waals surface area contributed by atoms with Crippen molar-refractivity contribution in [2.24, 2.45) is 0 Å². The fraction of sp³-hybridized carbons (Fsp3) is 0.438. The van der Waals surface area contributed by atoms with Gasteiger partial charge in [-0.2, -0.15) is 0 Å². The number of aryl methyl sites for hydroxylation is 1. The number of sulfonamides is 1. The molecule has 1 aliphatic rings. The third-order valence-corrected chi connectivity index (χ3v) is 6.94. The van der Waals surface area contributed by atoms with Gasteiger partial charge in [0.2, 0.25) is 10.0 Å². The first-order valence-corrected chi connectivity index (χ1v) is 9.76. The van der Waals surface area contributed by atoms with Gasteiger partial charge in [0.1, 0.15) is 5.69 Å². The summed E-state index contributed by atoms with van der Waals surface area (Å²) in [7, 11) is -1.86. The van der Waals surface area contributed by atoms with E-state index in [9.17, 15) is 13.2 Å². The average Bonchev–Trinajstić information content (AvgIpc) is 2.93. The monoisotopic (exact) mass is 369 g/mol. The molecule has 2 heterocycles. The van der Waals surface area contributed by atoms with Gasteiger partial charge in [0.25, 0.3) is 5.91 Å². The highest BCUT2D eigenvalue weighted by Crippen LogP contribution is 2.29. The molecule has 0 atom stereocenters. The minimum Gasteiger partial charge on any atom is -0.349 e. The molecular formula is C16H20ClN3O3S. The van der Waals surface area contributed by atoms with E-state index in [0.29, 0.717) is 36.6 Å². The highest BCUT2D eigenvalue weighted by molar-refractivity contribution is 7.90. The van der Waals surface area contributed by atoms with Crippen molar-refractivity contribution in [3.63, 3.8) is 0 Å².